The maximum Gasteiger partial charge on any atom is 0.264 e. The molecule has 4 nitrogen and oxygen atoms in total. The number of methoxy groups -OCH3 is 1. The van der Waals surface area contributed by atoms with E-state index in [-0.39, 0.29) is 4.90 Å². The first-order chi connectivity index (χ1) is 12.9. The Balaban J connectivity index is 2.16. The number of hydrogen-bond acceptors (Lipinski definition) is 3. The molecule has 27 heavy (non-hydrogen) atoms. The third kappa shape index (κ3) is 3.95. The van der Waals surface area contributed by atoms with E-state index in [0.29, 0.717) is 11.4 Å². The topological polar surface area (TPSA) is 46.6 Å². The van der Waals surface area contributed by atoms with Gasteiger partial charge >= 0.3 is 0 Å². The average molecular weight is 385 g/mol. The molecule has 0 aliphatic carbocycles. The van der Waals surface area contributed by atoms with Crippen molar-refractivity contribution in [3.05, 3.63) is 90.2 Å². The SMILES string of the molecule is COc1cccc(N([C@@H](C)c2ccccc2)S(=O)(=O)c2ccc(F)cc2)c1. The highest BCUT2D eigenvalue weighted by Crippen LogP contribution is 2.34. The Morgan fingerprint density at radius 1 is 0.926 bits per heavy atom. The Bertz CT molecular complexity index is 1010. The summed E-state index contributed by atoms with van der Waals surface area (Å²) in [5.74, 6) is 0.0602. The maximum atomic E-state index is 13.4. The van der Waals surface area contributed by atoms with Gasteiger partial charge in [-0.3, -0.25) is 4.31 Å². The first kappa shape index (κ1) is 18.9. The summed E-state index contributed by atoms with van der Waals surface area (Å²) in [5, 5.41) is 0. The third-order valence-corrected chi connectivity index (χ3v) is 6.22. The standard InChI is InChI=1S/C21H20FNO3S/c1-16(17-7-4-3-5-8-17)23(19-9-6-10-20(15-19)26-2)27(24,25)21-13-11-18(22)12-14-21/h3-16H,1-2H3/t16-/m0/s1. The summed E-state index contributed by atoms with van der Waals surface area (Å²) >= 11 is 0. The molecule has 0 N–H and O–H groups in total. The molecule has 0 heterocycles. The van der Waals surface area contributed by atoms with E-state index >= 15 is 0 Å². The fourth-order valence-corrected chi connectivity index (χ4v) is 4.54. The second kappa shape index (κ2) is 7.80. The molecule has 0 fully saturated rings. The smallest absolute Gasteiger partial charge is 0.264 e. The monoisotopic (exact) mass is 385 g/mol. The summed E-state index contributed by atoms with van der Waals surface area (Å²) in [6.45, 7) is 1.82. The Morgan fingerprint density at radius 3 is 2.22 bits per heavy atom. The van der Waals surface area contributed by atoms with Gasteiger partial charge in [-0.25, -0.2) is 12.8 Å². The van der Waals surface area contributed by atoms with E-state index in [4.69, 9.17) is 4.74 Å². The zero-order valence-electron chi connectivity index (χ0n) is 15.0. The number of ether oxygens (including phenoxy) is 1. The van der Waals surface area contributed by atoms with Crippen LogP contribution in [-0.4, -0.2) is 15.5 Å². The van der Waals surface area contributed by atoms with Crippen molar-refractivity contribution in [2.75, 3.05) is 11.4 Å². The number of nitrogens with zero attached hydrogens (tertiary/aromatic N) is 1. The lowest BCUT2D eigenvalue weighted by molar-refractivity contribution is 0.415. The van der Waals surface area contributed by atoms with Crippen LogP contribution in [0.25, 0.3) is 0 Å². The summed E-state index contributed by atoms with van der Waals surface area (Å²) in [4.78, 5) is 0.0227. The summed E-state index contributed by atoms with van der Waals surface area (Å²) < 4.78 is 46.7. The molecule has 0 radical (unpaired) electrons. The maximum absolute atomic E-state index is 13.4. The first-order valence-electron chi connectivity index (χ1n) is 8.42. The molecule has 0 amide bonds. The van der Waals surface area contributed by atoms with E-state index in [0.717, 1.165) is 17.7 Å². The molecule has 3 aromatic carbocycles. The molecular weight excluding hydrogens is 365 g/mol. The van der Waals surface area contributed by atoms with Crippen molar-refractivity contribution in [3.63, 3.8) is 0 Å². The second-order valence-corrected chi connectivity index (χ2v) is 7.86. The van der Waals surface area contributed by atoms with Crippen molar-refractivity contribution in [2.45, 2.75) is 17.9 Å². The normalized spacial score (nSPS) is 12.4. The van der Waals surface area contributed by atoms with E-state index in [9.17, 15) is 12.8 Å². The molecule has 6 heteroatoms. The van der Waals surface area contributed by atoms with Crippen LogP contribution in [0.5, 0.6) is 5.75 Å². The van der Waals surface area contributed by atoms with E-state index in [1.54, 1.807) is 24.3 Å². The van der Waals surface area contributed by atoms with Gasteiger partial charge in [-0.1, -0.05) is 36.4 Å². The van der Waals surface area contributed by atoms with Crippen molar-refractivity contribution >= 4 is 15.7 Å². The van der Waals surface area contributed by atoms with Crippen molar-refractivity contribution in [1.29, 1.82) is 0 Å². The van der Waals surface area contributed by atoms with Crippen LogP contribution in [0.15, 0.2) is 83.8 Å². The van der Waals surface area contributed by atoms with Gasteiger partial charge in [-0.05, 0) is 48.9 Å². The lowest BCUT2D eigenvalue weighted by Crippen LogP contribution is -2.33. The van der Waals surface area contributed by atoms with Gasteiger partial charge in [0.1, 0.15) is 11.6 Å². The summed E-state index contributed by atoms with van der Waals surface area (Å²) in [5.41, 5.74) is 1.31. The minimum atomic E-state index is -3.93. The van der Waals surface area contributed by atoms with Crippen LogP contribution in [0.1, 0.15) is 18.5 Å². The fraction of sp³-hybridized carbons (Fsp3) is 0.143. The van der Waals surface area contributed by atoms with E-state index in [1.807, 2.05) is 37.3 Å². The van der Waals surface area contributed by atoms with Crippen molar-refractivity contribution in [2.24, 2.45) is 0 Å². The molecule has 1 atom stereocenters. The molecule has 0 aromatic heterocycles. The minimum Gasteiger partial charge on any atom is -0.497 e. The highest BCUT2D eigenvalue weighted by atomic mass is 32.2. The van der Waals surface area contributed by atoms with Gasteiger partial charge in [0.15, 0.2) is 0 Å². The van der Waals surface area contributed by atoms with Crippen LogP contribution in [0.2, 0.25) is 0 Å². The molecule has 0 saturated carbocycles. The quantitative estimate of drug-likeness (QED) is 0.613. The predicted octanol–water partition coefficient (Wildman–Crippen LogP) is 4.79. The van der Waals surface area contributed by atoms with E-state index in [1.165, 1.54) is 23.5 Å². The first-order valence-corrected chi connectivity index (χ1v) is 9.86. The summed E-state index contributed by atoms with van der Waals surface area (Å²) in [6.07, 6.45) is 0. The Morgan fingerprint density at radius 2 is 1.59 bits per heavy atom. The Kier molecular flexibility index (Phi) is 5.46. The lowest BCUT2D eigenvalue weighted by Gasteiger charge is -2.31. The van der Waals surface area contributed by atoms with Gasteiger partial charge in [0.25, 0.3) is 10.0 Å². The number of benzene rings is 3. The molecule has 0 spiro atoms. The van der Waals surface area contributed by atoms with Crippen LogP contribution in [0, 0.1) is 5.82 Å². The van der Waals surface area contributed by atoms with Gasteiger partial charge in [-0.15, -0.1) is 0 Å². The number of anilines is 1. The fourth-order valence-electron chi connectivity index (χ4n) is 2.91. The van der Waals surface area contributed by atoms with Crippen LogP contribution in [0.4, 0.5) is 10.1 Å². The molecular formula is C21H20FNO3S. The van der Waals surface area contributed by atoms with Gasteiger partial charge < -0.3 is 4.74 Å². The summed E-state index contributed by atoms with van der Waals surface area (Å²) in [7, 11) is -2.41. The molecule has 0 bridgehead atoms. The van der Waals surface area contributed by atoms with Crippen molar-refractivity contribution in [1.82, 2.24) is 0 Å². The van der Waals surface area contributed by atoms with Crippen LogP contribution in [-0.2, 0) is 10.0 Å². The molecule has 3 rings (SSSR count). The highest BCUT2D eigenvalue weighted by Gasteiger charge is 2.30. The number of rotatable bonds is 6. The van der Waals surface area contributed by atoms with E-state index < -0.39 is 21.9 Å². The highest BCUT2D eigenvalue weighted by molar-refractivity contribution is 7.92. The van der Waals surface area contributed by atoms with Crippen molar-refractivity contribution < 1.29 is 17.5 Å². The van der Waals surface area contributed by atoms with Gasteiger partial charge in [-0.2, -0.15) is 0 Å². The minimum absolute atomic E-state index is 0.0227. The molecule has 3 aromatic rings. The Hall–Kier alpha value is -2.86. The van der Waals surface area contributed by atoms with Crippen LogP contribution < -0.4 is 9.04 Å². The average Bonchev–Trinajstić information content (AvgIpc) is 2.69. The molecule has 140 valence electrons. The van der Waals surface area contributed by atoms with Gasteiger partial charge in [0.2, 0.25) is 0 Å². The molecule has 0 saturated heterocycles. The second-order valence-electron chi connectivity index (χ2n) is 6.04. The Labute approximate surface area is 158 Å². The number of sulfonamides is 1. The largest absolute Gasteiger partial charge is 0.497 e. The van der Waals surface area contributed by atoms with E-state index in [2.05, 4.69) is 0 Å². The van der Waals surface area contributed by atoms with Gasteiger partial charge in [0.05, 0.1) is 23.7 Å². The molecule has 0 aliphatic rings. The lowest BCUT2D eigenvalue weighted by atomic mass is 10.1. The van der Waals surface area contributed by atoms with Crippen molar-refractivity contribution in [3.8, 4) is 5.75 Å². The number of halogens is 1. The van der Waals surface area contributed by atoms with Crippen LogP contribution >= 0.6 is 0 Å². The van der Waals surface area contributed by atoms with Crippen LogP contribution in [0.3, 0.4) is 0 Å². The number of hydrogen-bond donors (Lipinski definition) is 0. The molecule has 0 aliphatic heterocycles. The van der Waals surface area contributed by atoms with Gasteiger partial charge in [0, 0.05) is 6.07 Å². The third-order valence-electron chi connectivity index (χ3n) is 4.31. The zero-order valence-corrected chi connectivity index (χ0v) is 15.9. The zero-order chi connectivity index (χ0) is 19.4. The molecule has 0 unspecified atom stereocenters. The summed E-state index contributed by atoms with van der Waals surface area (Å²) in [6, 6.07) is 20.6. The predicted molar refractivity (Wildman–Crippen MR) is 104 cm³/mol.